The van der Waals surface area contributed by atoms with Crippen LogP contribution in [0.1, 0.15) is 53.4 Å². The first kappa shape index (κ1) is 17.9. The molecule has 0 aliphatic rings. The molecule has 0 amide bonds. The Bertz CT molecular complexity index is 181. The molecule has 3 nitrogen and oxygen atoms in total. The van der Waals surface area contributed by atoms with E-state index in [1.807, 2.05) is 0 Å². The number of nitrogens with one attached hydrogen (secondary N) is 1. The first-order chi connectivity index (χ1) is 8.48. The summed E-state index contributed by atoms with van der Waals surface area (Å²) in [5.74, 6) is 0.748. The summed E-state index contributed by atoms with van der Waals surface area (Å²) in [6, 6.07) is 0. The summed E-state index contributed by atoms with van der Waals surface area (Å²) >= 11 is 0. The van der Waals surface area contributed by atoms with Crippen molar-refractivity contribution in [2.75, 3.05) is 33.4 Å². The summed E-state index contributed by atoms with van der Waals surface area (Å²) in [5, 5.41) is 3.46. The first-order valence-corrected chi connectivity index (χ1v) is 7.31. The van der Waals surface area contributed by atoms with E-state index in [4.69, 9.17) is 9.47 Å². The molecule has 0 aliphatic heterocycles. The third-order valence-electron chi connectivity index (χ3n) is 3.10. The van der Waals surface area contributed by atoms with Gasteiger partial charge in [0.15, 0.2) is 0 Å². The zero-order chi connectivity index (χ0) is 13.9. The second-order valence-corrected chi connectivity index (χ2v) is 5.98. The maximum atomic E-state index is 5.62. The van der Waals surface area contributed by atoms with Gasteiger partial charge in [0.25, 0.3) is 0 Å². The van der Waals surface area contributed by atoms with Gasteiger partial charge < -0.3 is 14.8 Å². The van der Waals surface area contributed by atoms with Gasteiger partial charge in [-0.05, 0) is 58.5 Å². The van der Waals surface area contributed by atoms with E-state index in [-0.39, 0.29) is 5.60 Å². The molecule has 1 N–H and O–H groups in total. The smallest absolute Gasteiger partial charge is 0.0644 e. The molecule has 0 saturated heterocycles. The van der Waals surface area contributed by atoms with Gasteiger partial charge in [0, 0.05) is 20.3 Å². The molecular formula is C15H33NO2. The molecule has 0 spiro atoms. The van der Waals surface area contributed by atoms with Crippen molar-refractivity contribution in [3.8, 4) is 0 Å². The monoisotopic (exact) mass is 259 g/mol. The molecule has 0 fully saturated rings. The number of hydrogen-bond acceptors (Lipinski definition) is 3. The zero-order valence-electron chi connectivity index (χ0n) is 13.1. The minimum Gasteiger partial charge on any atom is -0.381 e. The topological polar surface area (TPSA) is 30.5 Å². The predicted molar refractivity (Wildman–Crippen MR) is 78.1 cm³/mol. The summed E-state index contributed by atoms with van der Waals surface area (Å²) in [6.07, 6.45) is 4.62. The van der Waals surface area contributed by atoms with Crippen LogP contribution >= 0.6 is 0 Å². The van der Waals surface area contributed by atoms with Crippen LogP contribution in [0.15, 0.2) is 0 Å². The number of hydrogen-bond donors (Lipinski definition) is 1. The molecule has 0 aromatic heterocycles. The molecule has 0 saturated carbocycles. The lowest BCUT2D eigenvalue weighted by atomic mass is 10.1. The SMILES string of the molecule is COC(C)(C)CCOCCCCCNCC(C)C. The van der Waals surface area contributed by atoms with Crippen LogP contribution in [0, 0.1) is 5.92 Å². The molecule has 0 bridgehead atoms. The van der Waals surface area contributed by atoms with Crippen molar-refractivity contribution >= 4 is 0 Å². The van der Waals surface area contributed by atoms with Gasteiger partial charge in [-0.15, -0.1) is 0 Å². The highest BCUT2D eigenvalue weighted by atomic mass is 16.5. The quantitative estimate of drug-likeness (QED) is 0.546. The molecule has 3 heteroatoms. The van der Waals surface area contributed by atoms with Crippen molar-refractivity contribution in [3.05, 3.63) is 0 Å². The first-order valence-electron chi connectivity index (χ1n) is 7.31. The molecule has 0 aliphatic carbocycles. The van der Waals surface area contributed by atoms with Crippen LogP contribution < -0.4 is 5.32 Å². The Hall–Kier alpha value is -0.120. The van der Waals surface area contributed by atoms with E-state index < -0.39 is 0 Å². The van der Waals surface area contributed by atoms with Crippen molar-refractivity contribution in [2.45, 2.75) is 59.0 Å². The lowest BCUT2D eigenvalue weighted by Crippen LogP contribution is -2.24. The van der Waals surface area contributed by atoms with Crippen LogP contribution in [0.3, 0.4) is 0 Å². The third kappa shape index (κ3) is 12.3. The Morgan fingerprint density at radius 2 is 1.78 bits per heavy atom. The Morgan fingerprint density at radius 3 is 2.39 bits per heavy atom. The standard InChI is InChI=1S/C15H33NO2/c1-14(2)13-16-10-7-6-8-11-18-12-9-15(3,4)17-5/h14,16H,6-13H2,1-5H3. The van der Waals surface area contributed by atoms with Crippen molar-refractivity contribution in [3.63, 3.8) is 0 Å². The number of methoxy groups -OCH3 is 1. The van der Waals surface area contributed by atoms with Crippen LogP contribution in [-0.4, -0.2) is 39.0 Å². The minimum atomic E-state index is -0.0548. The van der Waals surface area contributed by atoms with Crippen molar-refractivity contribution in [2.24, 2.45) is 5.92 Å². The Labute approximate surface area is 114 Å². The van der Waals surface area contributed by atoms with Crippen molar-refractivity contribution in [1.82, 2.24) is 5.32 Å². The predicted octanol–water partition coefficient (Wildman–Crippen LogP) is 3.23. The van der Waals surface area contributed by atoms with E-state index in [1.165, 1.54) is 12.8 Å². The Morgan fingerprint density at radius 1 is 1.06 bits per heavy atom. The summed E-state index contributed by atoms with van der Waals surface area (Å²) in [6.45, 7) is 12.6. The summed E-state index contributed by atoms with van der Waals surface area (Å²) in [5.41, 5.74) is -0.0548. The van der Waals surface area contributed by atoms with Gasteiger partial charge in [-0.3, -0.25) is 0 Å². The van der Waals surface area contributed by atoms with Crippen molar-refractivity contribution < 1.29 is 9.47 Å². The van der Waals surface area contributed by atoms with Crippen LogP contribution in [0.4, 0.5) is 0 Å². The maximum Gasteiger partial charge on any atom is 0.0644 e. The van der Waals surface area contributed by atoms with E-state index in [9.17, 15) is 0 Å². The minimum absolute atomic E-state index is 0.0548. The highest BCUT2D eigenvalue weighted by Gasteiger charge is 2.15. The molecule has 18 heavy (non-hydrogen) atoms. The lowest BCUT2D eigenvalue weighted by molar-refractivity contribution is -0.0101. The number of ether oxygens (including phenoxy) is 2. The highest BCUT2D eigenvalue weighted by molar-refractivity contribution is 4.66. The van der Waals surface area contributed by atoms with E-state index >= 15 is 0 Å². The molecule has 0 radical (unpaired) electrons. The van der Waals surface area contributed by atoms with E-state index in [2.05, 4.69) is 33.0 Å². The van der Waals surface area contributed by atoms with E-state index in [0.717, 1.165) is 45.1 Å². The Kier molecular flexibility index (Phi) is 10.7. The zero-order valence-corrected chi connectivity index (χ0v) is 13.1. The summed E-state index contributed by atoms with van der Waals surface area (Å²) < 4.78 is 11.0. The number of unbranched alkanes of at least 4 members (excludes halogenated alkanes) is 2. The summed E-state index contributed by atoms with van der Waals surface area (Å²) in [4.78, 5) is 0. The third-order valence-corrected chi connectivity index (χ3v) is 3.10. The van der Waals surface area contributed by atoms with Crippen LogP contribution in [0.25, 0.3) is 0 Å². The van der Waals surface area contributed by atoms with Gasteiger partial charge in [0.05, 0.1) is 5.60 Å². The molecule has 0 rings (SSSR count). The van der Waals surface area contributed by atoms with Crippen LogP contribution in [-0.2, 0) is 9.47 Å². The van der Waals surface area contributed by atoms with Gasteiger partial charge in [0.2, 0.25) is 0 Å². The largest absolute Gasteiger partial charge is 0.381 e. The maximum absolute atomic E-state index is 5.62. The molecule has 0 aromatic rings. The fourth-order valence-corrected chi connectivity index (χ4v) is 1.54. The molecule has 0 atom stereocenters. The highest BCUT2D eigenvalue weighted by Crippen LogP contribution is 2.12. The second-order valence-electron chi connectivity index (χ2n) is 5.98. The molecule has 110 valence electrons. The Balaban J connectivity index is 3.12. The van der Waals surface area contributed by atoms with Crippen molar-refractivity contribution in [1.29, 1.82) is 0 Å². The van der Waals surface area contributed by atoms with E-state index in [0.29, 0.717) is 0 Å². The van der Waals surface area contributed by atoms with Gasteiger partial charge in [0.1, 0.15) is 0 Å². The van der Waals surface area contributed by atoms with Gasteiger partial charge in [-0.2, -0.15) is 0 Å². The average Bonchev–Trinajstić information content (AvgIpc) is 2.31. The second kappa shape index (κ2) is 10.8. The fraction of sp³-hybridized carbons (Fsp3) is 1.00. The average molecular weight is 259 g/mol. The van der Waals surface area contributed by atoms with E-state index in [1.54, 1.807) is 7.11 Å². The molecular weight excluding hydrogens is 226 g/mol. The normalized spacial score (nSPS) is 12.3. The molecule has 0 aromatic carbocycles. The van der Waals surface area contributed by atoms with Gasteiger partial charge in [-0.1, -0.05) is 13.8 Å². The van der Waals surface area contributed by atoms with Crippen LogP contribution in [0.2, 0.25) is 0 Å². The lowest BCUT2D eigenvalue weighted by Gasteiger charge is -2.22. The molecule has 0 unspecified atom stereocenters. The molecule has 0 heterocycles. The number of rotatable bonds is 12. The summed E-state index contributed by atoms with van der Waals surface area (Å²) in [7, 11) is 1.75. The fourth-order valence-electron chi connectivity index (χ4n) is 1.54. The van der Waals surface area contributed by atoms with Gasteiger partial charge in [-0.25, -0.2) is 0 Å². The van der Waals surface area contributed by atoms with Crippen LogP contribution in [0.5, 0.6) is 0 Å². The van der Waals surface area contributed by atoms with Gasteiger partial charge >= 0.3 is 0 Å².